The molecule has 0 radical (unpaired) electrons. The third kappa shape index (κ3) is 3.42. The Kier molecular flexibility index (Phi) is 4.64. The molecule has 112 valence electrons. The summed E-state index contributed by atoms with van der Waals surface area (Å²) in [5, 5.41) is 1.04. The molecule has 0 N–H and O–H groups in total. The first-order valence-electron chi connectivity index (χ1n) is 7.43. The van der Waals surface area contributed by atoms with Crippen LogP contribution in [-0.2, 0) is 17.9 Å². The minimum absolute atomic E-state index is 0.268. The summed E-state index contributed by atoms with van der Waals surface area (Å²) in [7, 11) is 0. The highest BCUT2D eigenvalue weighted by Gasteiger charge is 2.06. The minimum atomic E-state index is -0.268. The van der Waals surface area contributed by atoms with E-state index in [9.17, 15) is 4.79 Å². The van der Waals surface area contributed by atoms with Crippen LogP contribution in [0.2, 0.25) is 0 Å². The zero-order valence-electron chi connectivity index (χ0n) is 12.5. The summed E-state index contributed by atoms with van der Waals surface area (Å²) in [6.45, 7) is 2.10. The van der Waals surface area contributed by atoms with E-state index in [0.717, 1.165) is 28.9 Å². The van der Waals surface area contributed by atoms with Crippen LogP contribution in [0.5, 0.6) is 0 Å². The second kappa shape index (κ2) is 6.84. The van der Waals surface area contributed by atoms with Crippen molar-refractivity contribution in [2.24, 2.45) is 0 Å². The van der Waals surface area contributed by atoms with Gasteiger partial charge in [0.2, 0.25) is 0 Å². The highest BCUT2D eigenvalue weighted by molar-refractivity contribution is 7.97. The molecular weight excluding hydrogens is 292 g/mol. The molecule has 0 fully saturated rings. The fourth-order valence-corrected chi connectivity index (χ4v) is 3.46. The summed E-state index contributed by atoms with van der Waals surface area (Å²) in [4.78, 5) is 11.8. The maximum atomic E-state index is 11.8. The standard InChI is InChI=1S/C19H18O2S/c1-2-14-8-9-17-16(11-19(20)21-18(17)10-14)13-22-12-15-6-4-3-5-7-15/h3-11H,2,12-13H2,1H3. The lowest BCUT2D eigenvalue weighted by Crippen LogP contribution is -2.00. The largest absolute Gasteiger partial charge is 0.423 e. The molecule has 2 aromatic carbocycles. The van der Waals surface area contributed by atoms with Gasteiger partial charge in [0.15, 0.2) is 0 Å². The smallest absolute Gasteiger partial charge is 0.336 e. The molecule has 0 atom stereocenters. The highest BCUT2D eigenvalue weighted by Crippen LogP contribution is 2.24. The number of benzene rings is 2. The molecule has 0 unspecified atom stereocenters. The van der Waals surface area contributed by atoms with Gasteiger partial charge in [0.05, 0.1) is 0 Å². The van der Waals surface area contributed by atoms with Crippen molar-refractivity contribution < 1.29 is 4.42 Å². The first kappa shape index (κ1) is 14.9. The summed E-state index contributed by atoms with van der Waals surface area (Å²) in [5.41, 5.74) is 3.96. The maximum Gasteiger partial charge on any atom is 0.336 e. The van der Waals surface area contributed by atoms with Crippen LogP contribution in [0.3, 0.4) is 0 Å². The first-order chi connectivity index (χ1) is 10.8. The molecule has 0 amide bonds. The molecule has 3 heteroatoms. The fourth-order valence-electron chi connectivity index (χ4n) is 2.47. The number of rotatable bonds is 5. The Morgan fingerprint density at radius 1 is 0.955 bits per heavy atom. The Labute approximate surface area is 134 Å². The Hall–Kier alpha value is -2.00. The van der Waals surface area contributed by atoms with Crippen molar-refractivity contribution in [2.45, 2.75) is 24.9 Å². The summed E-state index contributed by atoms with van der Waals surface area (Å²) in [6, 6.07) is 18.1. The van der Waals surface area contributed by atoms with E-state index < -0.39 is 0 Å². The molecule has 2 nitrogen and oxygen atoms in total. The first-order valence-corrected chi connectivity index (χ1v) is 8.59. The molecule has 0 aliphatic heterocycles. The predicted octanol–water partition coefficient (Wildman–Crippen LogP) is 4.79. The lowest BCUT2D eigenvalue weighted by molar-refractivity contribution is 0.559. The third-order valence-electron chi connectivity index (χ3n) is 3.67. The van der Waals surface area contributed by atoms with Gasteiger partial charge in [-0.2, -0.15) is 11.8 Å². The van der Waals surface area contributed by atoms with Crippen LogP contribution in [0.25, 0.3) is 11.0 Å². The van der Waals surface area contributed by atoms with Gasteiger partial charge >= 0.3 is 5.63 Å². The molecular formula is C19H18O2S. The molecule has 0 saturated heterocycles. The Bertz CT molecular complexity index is 822. The number of aryl methyl sites for hydroxylation is 1. The number of thioether (sulfide) groups is 1. The molecule has 1 heterocycles. The number of hydrogen-bond acceptors (Lipinski definition) is 3. The van der Waals surface area contributed by atoms with Crippen LogP contribution < -0.4 is 5.63 Å². The van der Waals surface area contributed by atoms with Crippen LogP contribution in [0.1, 0.15) is 23.6 Å². The lowest BCUT2D eigenvalue weighted by atomic mass is 10.1. The molecule has 3 aromatic rings. The lowest BCUT2D eigenvalue weighted by Gasteiger charge is -2.07. The van der Waals surface area contributed by atoms with E-state index >= 15 is 0 Å². The Balaban J connectivity index is 1.82. The van der Waals surface area contributed by atoms with E-state index in [1.165, 1.54) is 11.1 Å². The average molecular weight is 310 g/mol. The fraction of sp³-hybridized carbons (Fsp3) is 0.211. The van der Waals surface area contributed by atoms with Crippen LogP contribution >= 0.6 is 11.8 Å². The predicted molar refractivity (Wildman–Crippen MR) is 93.3 cm³/mol. The van der Waals surface area contributed by atoms with E-state index in [-0.39, 0.29) is 5.63 Å². The number of hydrogen-bond donors (Lipinski definition) is 0. The average Bonchev–Trinajstić information content (AvgIpc) is 2.55. The van der Waals surface area contributed by atoms with E-state index in [1.54, 1.807) is 6.07 Å². The van der Waals surface area contributed by atoms with Crippen molar-refractivity contribution in [3.63, 3.8) is 0 Å². The summed E-state index contributed by atoms with van der Waals surface area (Å²) < 4.78 is 5.34. The van der Waals surface area contributed by atoms with Gasteiger partial charge in [-0.3, -0.25) is 0 Å². The van der Waals surface area contributed by atoms with Gasteiger partial charge in [-0.1, -0.05) is 49.4 Å². The molecule has 1 aromatic heterocycles. The van der Waals surface area contributed by atoms with Crippen LogP contribution in [0, 0.1) is 0 Å². The second-order valence-corrected chi connectivity index (χ2v) is 6.24. The number of fused-ring (bicyclic) bond motifs is 1. The molecule has 0 bridgehead atoms. The van der Waals surface area contributed by atoms with E-state index in [4.69, 9.17) is 4.42 Å². The minimum Gasteiger partial charge on any atom is -0.423 e. The highest BCUT2D eigenvalue weighted by atomic mass is 32.2. The SMILES string of the molecule is CCc1ccc2c(CSCc3ccccc3)cc(=O)oc2c1. The zero-order valence-corrected chi connectivity index (χ0v) is 13.4. The van der Waals surface area contributed by atoms with E-state index in [2.05, 4.69) is 43.3 Å². The maximum absolute atomic E-state index is 11.8. The van der Waals surface area contributed by atoms with E-state index in [1.807, 2.05) is 23.9 Å². The van der Waals surface area contributed by atoms with Crippen LogP contribution in [0.4, 0.5) is 0 Å². The zero-order chi connectivity index (χ0) is 15.4. The normalized spacial score (nSPS) is 11.0. The van der Waals surface area contributed by atoms with Crippen molar-refractivity contribution in [3.05, 3.63) is 81.7 Å². The van der Waals surface area contributed by atoms with Gasteiger partial charge in [-0.05, 0) is 29.2 Å². The van der Waals surface area contributed by atoms with Crippen molar-refractivity contribution in [2.75, 3.05) is 0 Å². The topological polar surface area (TPSA) is 30.2 Å². The van der Waals surface area contributed by atoms with Crippen LogP contribution in [-0.4, -0.2) is 0 Å². The molecule has 0 aliphatic carbocycles. The Morgan fingerprint density at radius 3 is 2.55 bits per heavy atom. The van der Waals surface area contributed by atoms with Crippen LogP contribution in [0.15, 0.2) is 63.8 Å². The summed E-state index contributed by atoms with van der Waals surface area (Å²) in [6.07, 6.45) is 0.937. The van der Waals surface area contributed by atoms with Gasteiger partial charge in [-0.25, -0.2) is 4.79 Å². The monoisotopic (exact) mass is 310 g/mol. The van der Waals surface area contributed by atoms with Crippen molar-refractivity contribution in [3.8, 4) is 0 Å². The van der Waals surface area contributed by atoms with Gasteiger partial charge in [0, 0.05) is 23.0 Å². The third-order valence-corrected chi connectivity index (χ3v) is 4.72. The summed E-state index contributed by atoms with van der Waals surface area (Å²) in [5.74, 6) is 1.75. The Morgan fingerprint density at radius 2 is 1.77 bits per heavy atom. The summed E-state index contributed by atoms with van der Waals surface area (Å²) >= 11 is 1.81. The molecule has 0 aliphatic rings. The molecule has 0 spiro atoms. The van der Waals surface area contributed by atoms with Crippen molar-refractivity contribution in [1.29, 1.82) is 0 Å². The van der Waals surface area contributed by atoms with Crippen molar-refractivity contribution in [1.82, 2.24) is 0 Å². The molecule has 0 saturated carbocycles. The van der Waals surface area contributed by atoms with Crippen molar-refractivity contribution >= 4 is 22.7 Å². The molecule has 3 rings (SSSR count). The van der Waals surface area contributed by atoms with Gasteiger partial charge in [0.1, 0.15) is 5.58 Å². The van der Waals surface area contributed by atoms with E-state index in [0.29, 0.717) is 5.58 Å². The van der Waals surface area contributed by atoms with Gasteiger partial charge in [-0.15, -0.1) is 0 Å². The molecule has 22 heavy (non-hydrogen) atoms. The second-order valence-electron chi connectivity index (χ2n) is 5.25. The van der Waals surface area contributed by atoms with Gasteiger partial charge < -0.3 is 4.42 Å². The van der Waals surface area contributed by atoms with Gasteiger partial charge in [0.25, 0.3) is 0 Å². The quantitative estimate of drug-likeness (QED) is 0.635.